The van der Waals surface area contributed by atoms with Crippen LogP contribution in [0.25, 0.3) is 0 Å². The van der Waals surface area contributed by atoms with E-state index in [2.05, 4.69) is 4.98 Å². The van der Waals surface area contributed by atoms with Crippen LogP contribution in [-0.4, -0.2) is 85.4 Å². The molecule has 0 saturated carbocycles. The summed E-state index contributed by atoms with van der Waals surface area (Å²) in [4.78, 5) is 14.9. The number of aliphatic hydroxyl groups excluding tert-OH is 1. The summed E-state index contributed by atoms with van der Waals surface area (Å²) in [7, 11) is 1.34. The highest BCUT2D eigenvalue weighted by molar-refractivity contribution is 7.89. The number of nitrogens with zero attached hydrogens (tertiary/aromatic N) is 3. The summed E-state index contributed by atoms with van der Waals surface area (Å²) in [5.41, 5.74) is 2.85. The van der Waals surface area contributed by atoms with Crippen LogP contribution in [0.15, 0.2) is 6.20 Å². The average molecular weight is 404 g/mol. The number of aliphatic hydroxyl groups is 1. The number of aromatic nitrogens is 1. The van der Waals surface area contributed by atoms with Crippen LogP contribution in [0.3, 0.4) is 0 Å². The lowest BCUT2D eigenvalue weighted by Gasteiger charge is -2.19. The van der Waals surface area contributed by atoms with Gasteiger partial charge in [-0.25, -0.2) is 12.7 Å². The molecule has 1 aliphatic heterocycles. The fourth-order valence-electron chi connectivity index (χ4n) is 3.10. The monoisotopic (exact) mass is 403 g/mol. The lowest BCUT2D eigenvalue weighted by atomic mass is 10.1. The predicted molar refractivity (Wildman–Crippen MR) is 101 cm³/mol. The molecule has 2 heterocycles. The van der Waals surface area contributed by atoms with Crippen molar-refractivity contribution in [1.29, 1.82) is 0 Å². The highest BCUT2D eigenvalue weighted by Crippen LogP contribution is 2.27. The maximum atomic E-state index is 12.0. The Balaban J connectivity index is 0.00000114. The van der Waals surface area contributed by atoms with E-state index in [1.165, 1.54) is 18.4 Å². The molecule has 0 radical (unpaired) electrons. The van der Waals surface area contributed by atoms with Crippen molar-refractivity contribution in [2.75, 3.05) is 40.0 Å². The maximum Gasteiger partial charge on any atom is 0.290 e. The van der Waals surface area contributed by atoms with Crippen molar-refractivity contribution >= 4 is 16.5 Å². The predicted octanol–water partition coefficient (Wildman–Crippen LogP) is 0.0919. The Labute approximate surface area is 160 Å². The Morgan fingerprint density at radius 1 is 1.37 bits per heavy atom. The van der Waals surface area contributed by atoms with Gasteiger partial charge in [-0.3, -0.25) is 14.7 Å². The number of hydrogen-bond acceptors (Lipinski definition) is 7. The van der Waals surface area contributed by atoms with Crippen LogP contribution in [0.4, 0.5) is 0 Å². The van der Waals surface area contributed by atoms with Crippen molar-refractivity contribution in [3.63, 3.8) is 0 Å². The molecule has 1 aromatic rings. The van der Waals surface area contributed by atoms with E-state index in [0.717, 1.165) is 22.6 Å². The summed E-state index contributed by atoms with van der Waals surface area (Å²) >= 11 is 0. The van der Waals surface area contributed by atoms with Gasteiger partial charge in [-0.1, -0.05) is 0 Å². The van der Waals surface area contributed by atoms with Gasteiger partial charge in [0.05, 0.1) is 24.7 Å². The first-order valence-corrected chi connectivity index (χ1v) is 10.1. The fraction of sp³-hybridized carbons (Fsp3) is 0.647. The van der Waals surface area contributed by atoms with Gasteiger partial charge in [-0.2, -0.15) is 0 Å². The Morgan fingerprint density at radius 2 is 1.96 bits per heavy atom. The number of likely N-dealkylation sites (tertiary alicyclic amines) is 1. The second-order valence-corrected chi connectivity index (χ2v) is 8.96. The third-order valence-corrected chi connectivity index (χ3v) is 6.55. The van der Waals surface area contributed by atoms with E-state index >= 15 is 0 Å². The number of hydrogen-bond donors (Lipinski definition) is 2. The van der Waals surface area contributed by atoms with Crippen LogP contribution in [0.1, 0.15) is 16.8 Å². The van der Waals surface area contributed by atoms with Gasteiger partial charge in [-0.15, -0.1) is 0 Å². The van der Waals surface area contributed by atoms with Gasteiger partial charge in [-0.05, 0) is 13.8 Å². The van der Waals surface area contributed by atoms with Crippen molar-refractivity contribution in [1.82, 2.24) is 14.2 Å². The second-order valence-electron chi connectivity index (χ2n) is 6.73. The molecule has 1 saturated heterocycles. The number of rotatable bonds is 6. The first kappa shape index (κ1) is 23.3. The molecule has 0 bridgehead atoms. The molecule has 1 aromatic heterocycles. The normalized spacial score (nSPS) is 20.3. The molecule has 2 N–H and O–H groups in total. The summed E-state index contributed by atoms with van der Waals surface area (Å²) in [5, 5.41) is 17.1. The number of β-amino-alcohol motifs (C(OH)–C–C–N with tert-alkyl or cyclic N) is 1. The van der Waals surface area contributed by atoms with E-state index < -0.39 is 16.1 Å². The number of aryl methyl sites for hydroxylation is 1. The molecule has 0 amide bonds. The minimum atomic E-state index is -3.32. The van der Waals surface area contributed by atoms with Crippen molar-refractivity contribution < 1.29 is 28.2 Å². The summed E-state index contributed by atoms with van der Waals surface area (Å²) < 4.78 is 30.7. The number of methoxy groups -OCH3 is 1. The molecule has 1 fully saturated rings. The van der Waals surface area contributed by atoms with E-state index in [1.807, 2.05) is 18.7 Å². The highest BCUT2D eigenvalue weighted by atomic mass is 32.2. The molecule has 1 aliphatic rings. The van der Waals surface area contributed by atoms with E-state index in [9.17, 15) is 13.5 Å². The molecule has 0 spiro atoms. The number of sulfonamides is 1. The van der Waals surface area contributed by atoms with Crippen molar-refractivity contribution in [2.24, 2.45) is 5.92 Å². The first-order chi connectivity index (χ1) is 12.6. The molecule has 9 nitrogen and oxygen atoms in total. The maximum absolute atomic E-state index is 12.0. The molecular formula is C17H29N3O6S. The number of ether oxygens (including phenoxy) is 1. The van der Waals surface area contributed by atoms with Crippen molar-refractivity contribution in [3.8, 4) is 5.75 Å². The van der Waals surface area contributed by atoms with Gasteiger partial charge < -0.3 is 14.9 Å². The topological polar surface area (TPSA) is 120 Å². The Bertz CT molecular complexity index is 738. The third-order valence-electron chi connectivity index (χ3n) is 4.59. The summed E-state index contributed by atoms with van der Waals surface area (Å²) in [5.74, 6) is 0.498. The smallest absolute Gasteiger partial charge is 0.290 e. The van der Waals surface area contributed by atoms with Crippen LogP contribution in [-0.2, 0) is 21.4 Å². The molecule has 0 aliphatic carbocycles. The molecule has 2 atom stereocenters. The van der Waals surface area contributed by atoms with Crippen LogP contribution < -0.4 is 4.74 Å². The lowest BCUT2D eigenvalue weighted by Crippen LogP contribution is -2.33. The minimum Gasteiger partial charge on any atom is -0.496 e. The number of carboxylic acid groups (broad SMARTS) is 1. The highest BCUT2D eigenvalue weighted by Gasteiger charge is 2.35. The molecular weight excluding hydrogens is 374 g/mol. The Hall–Kier alpha value is -1.75. The average Bonchev–Trinajstić information content (AvgIpc) is 2.90. The standard InChI is InChI=1S/C16H27N3O4S.CH2O2/c1-11-6-17-14(12(2)16(11)23-5)8-19-7-13(15(20)9-19)10-24(21,22)18(3)4;2-1-3/h6,13,15,20H,7-10H2,1-5H3;1H,(H,2,3)/t13-,15-;/m0./s1. The van der Waals surface area contributed by atoms with E-state index in [0.29, 0.717) is 19.6 Å². The molecule has 10 heteroatoms. The fourth-order valence-corrected chi connectivity index (χ4v) is 4.26. The van der Waals surface area contributed by atoms with Gasteiger partial charge in [0, 0.05) is 57.0 Å². The zero-order valence-corrected chi connectivity index (χ0v) is 17.2. The zero-order valence-electron chi connectivity index (χ0n) is 16.4. The zero-order chi connectivity index (χ0) is 20.8. The number of carbonyl (C=O) groups is 1. The second kappa shape index (κ2) is 9.98. The van der Waals surface area contributed by atoms with Crippen LogP contribution in [0.5, 0.6) is 5.75 Å². The third kappa shape index (κ3) is 6.13. The van der Waals surface area contributed by atoms with Gasteiger partial charge in [0.1, 0.15) is 5.75 Å². The van der Waals surface area contributed by atoms with Crippen LogP contribution >= 0.6 is 0 Å². The van der Waals surface area contributed by atoms with E-state index in [1.54, 1.807) is 13.3 Å². The van der Waals surface area contributed by atoms with Crippen LogP contribution in [0, 0.1) is 19.8 Å². The largest absolute Gasteiger partial charge is 0.496 e. The SMILES string of the molecule is COc1c(C)cnc(CN2C[C@@H](CS(=O)(=O)N(C)C)[C@@H](O)C2)c1C.O=CO. The summed E-state index contributed by atoms with van der Waals surface area (Å²) in [6.45, 7) is 5.22. The van der Waals surface area contributed by atoms with Gasteiger partial charge in [0.25, 0.3) is 6.47 Å². The molecule has 0 unspecified atom stereocenters. The molecule has 0 aromatic carbocycles. The quantitative estimate of drug-likeness (QED) is 0.641. The van der Waals surface area contributed by atoms with E-state index in [-0.39, 0.29) is 18.1 Å². The van der Waals surface area contributed by atoms with Gasteiger partial charge in [0.15, 0.2) is 0 Å². The molecule has 2 rings (SSSR count). The van der Waals surface area contributed by atoms with E-state index in [4.69, 9.17) is 14.6 Å². The summed E-state index contributed by atoms with van der Waals surface area (Å²) in [6.07, 6.45) is 1.13. The first-order valence-electron chi connectivity index (χ1n) is 8.44. The number of pyridine rings is 1. The van der Waals surface area contributed by atoms with Crippen molar-refractivity contribution in [3.05, 3.63) is 23.0 Å². The minimum absolute atomic E-state index is 0.0404. The lowest BCUT2D eigenvalue weighted by molar-refractivity contribution is -0.122. The van der Waals surface area contributed by atoms with Gasteiger partial charge >= 0.3 is 0 Å². The van der Waals surface area contributed by atoms with Crippen molar-refractivity contribution in [2.45, 2.75) is 26.5 Å². The molecule has 154 valence electrons. The summed E-state index contributed by atoms with van der Waals surface area (Å²) in [6, 6.07) is 0. The van der Waals surface area contributed by atoms with Gasteiger partial charge in [0.2, 0.25) is 10.0 Å². The van der Waals surface area contributed by atoms with Crippen LogP contribution in [0.2, 0.25) is 0 Å². The Kier molecular flexibility index (Phi) is 8.60. The Morgan fingerprint density at radius 3 is 2.48 bits per heavy atom. The molecule has 27 heavy (non-hydrogen) atoms.